The van der Waals surface area contributed by atoms with E-state index in [0.717, 1.165) is 10.3 Å². The summed E-state index contributed by atoms with van der Waals surface area (Å²) in [6.45, 7) is 9.63. The van der Waals surface area contributed by atoms with Gasteiger partial charge in [0.2, 0.25) is 5.69 Å². The molecule has 7 heteroatoms. The maximum absolute atomic E-state index is 12.9. The minimum absolute atomic E-state index is 0.354. The number of rotatable bonds is 2. The molecule has 3 rings (SSSR count). The highest BCUT2D eigenvalue weighted by Gasteiger charge is 2.46. The summed E-state index contributed by atoms with van der Waals surface area (Å²) in [5, 5.41) is 22.7. The summed E-state index contributed by atoms with van der Waals surface area (Å²) in [6, 6.07) is 9.06. The van der Waals surface area contributed by atoms with Gasteiger partial charge >= 0.3 is 6.09 Å². The molecule has 1 aromatic carbocycles. The first-order valence-electron chi connectivity index (χ1n) is 9.37. The topological polar surface area (TPSA) is 80.3 Å². The molecule has 0 saturated heterocycles. The lowest BCUT2D eigenvalue weighted by atomic mass is 9.90. The first-order chi connectivity index (χ1) is 13.4. The Morgan fingerprint density at radius 2 is 2.07 bits per heavy atom. The molecule has 1 aliphatic rings. The summed E-state index contributed by atoms with van der Waals surface area (Å²) < 4.78 is 6.37. The molecule has 2 aromatic rings. The van der Waals surface area contributed by atoms with Crippen molar-refractivity contribution in [1.29, 1.82) is 5.26 Å². The van der Waals surface area contributed by atoms with Crippen molar-refractivity contribution in [1.82, 2.24) is 0 Å². The minimum Gasteiger partial charge on any atom is -0.618 e. The van der Waals surface area contributed by atoms with Gasteiger partial charge in [-0.3, -0.25) is 4.90 Å². The van der Waals surface area contributed by atoms with Crippen LogP contribution in [0.25, 0.3) is 0 Å². The number of ether oxygens (including phenoxy) is 1. The second kappa shape index (κ2) is 7.23. The van der Waals surface area contributed by atoms with Crippen LogP contribution in [0.5, 0.6) is 0 Å². The average molecular weight is 414 g/mol. The second-order valence-corrected chi connectivity index (χ2v) is 9.38. The monoisotopic (exact) mass is 413 g/mol. The van der Waals surface area contributed by atoms with E-state index in [1.807, 2.05) is 19.9 Å². The van der Waals surface area contributed by atoms with Crippen molar-refractivity contribution in [2.45, 2.75) is 52.1 Å². The number of carbonyl (C=O) groups is 1. The van der Waals surface area contributed by atoms with Gasteiger partial charge < -0.3 is 9.94 Å². The molecule has 1 amide bonds. The molecule has 0 bridgehead atoms. The third-order valence-corrected chi connectivity index (χ3v) is 4.99. The van der Waals surface area contributed by atoms with E-state index < -0.39 is 17.1 Å². The molecule has 1 aromatic heterocycles. The Bertz CT molecular complexity index is 1020. The number of hydrogen-bond acceptors (Lipinski definition) is 4. The van der Waals surface area contributed by atoms with Crippen LogP contribution in [0.4, 0.5) is 10.5 Å². The van der Waals surface area contributed by atoms with Crippen LogP contribution < -0.4 is 9.63 Å². The minimum atomic E-state index is -0.639. The summed E-state index contributed by atoms with van der Waals surface area (Å²) in [5.41, 5.74) is 1.85. The number of nitrogens with zero attached hydrogens (tertiary/aromatic N) is 3. The van der Waals surface area contributed by atoms with Crippen molar-refractivity contribution < 1.29 is 14.3 Å². The largest absolute Gasteiger partial charge is 0.618 e. The van der Waals surface area contributed by atoms with Gasteiger partial charge in [-0.25, -0.2) is 4.79 Å². The normalized spacial score (nSPS) is 15.0. The quantitative estimate of drug-likeness (QED) is 0.537. The molecule has 152 valence electrons. The molecule has 0 unspecified atom stereocenters. The molecule has 0 atom stereocenters. The van der Waals surface area contributed by atoms with Crippen molar-refractivity contribution >= 4 is 23.4 Å². The second-order valence-electron chi connectivity index (χ2n) is 8.95. The van der Waals surface area contributed by atoms with E-state index in [1.54, 1.807) is 39.0 Å². The van der Waals surface area contributed by atoms with Gasteiger partial charge in [0, 0.05) is 23.6 Å². The first kappa shape index (κ1) is 20.9. The zero-order valence-electron chi connectivity index (χ0n) is 17.2. The molecule has 0 radical (unpaired) electrons. The van der Waals surface area contributed by atoms with Crippen LogP contribution in [0.3, 0.4) is 0 Å². The fraction of sp³-hybridized carbons (Fsp3) is 0.409. The molecule has 1 aliphatic heterocycles. The van der Waals surface area contributed by atoms with Gasteiger partial charge in [0.1, 0.15) is 11.3 Å². The van der Waals surface area contributed by atoms with Gasteiger partial charge in [-0.15, -0.1) is 0 Å². The highest BCUT2D eigenvalue weighted by Crippen LogP contribution is 2.39. The highest BCUT2D eigenvalue weighted by atomic mass is 35.5. The lowest BCUT2D eigenvalue weighted by Gasteiger charge is -2.25. The van der Waals surface area contributed by atoms with E-state index in [-0.39, 0.29) is 0 Å². The average Bonchev–Trinajstić information content (AvgIpc) is 2.86. The lowest BCUT2D eigenvalue weighted by Crippen LogP contribution is -2.40. The standard InChI is InChI=1S/C22H24ClN3O3/c1-21(2,3)29-20(27)25-13-22(4,5)19-18(25)9-14(12-26(19)28)8-15-6-7-17(23)10-16(15)11-24/h6-7,9-10,12H,8,13H2,1-5H3. The van der Waals surface area contributed by atoms with Crippen molar-refractivity contribution in [2.24, 2.45) is 0 Å². The predicted octanol–water partition coefficient (Wildman–Crippen LogP) is 4.47. The number of halogens is 1. The van der Waals surface area contributed by atoms with E-state index in [4.69, 9.17) is 16.3 Å². The Kier molecular flexibility index (Phi) is 5.22. The van der Waals surface area contributed by atoms with Crippen LogP contribution in [-0.4, -0.2) is 18.2 Å². The number of carbonyl (C=O) groups excluding carboxylic acids is 1. The van der Waals surface area contributed by atoms with Crippen LogP contribution in [-0.2, 0) is 16.6 Å². The molecule has 0 fully saturated rings. The van der Waals surface area contributed by atoms with E-state index in [1.165, 1.54) is 11.1 Å². The molecule has 2 heterocycles. The van der Waals surface area contributed by atoms with Crippen molar-refractivity contribution in [3.05, 3.63) is 63.1 Å². The number of amides is 1. The molecule has 0 N–H and O–H groups in total. The van der Waals surface area contributed by atoms with E-state index in [9.17, 15) is 15.3 Å². The number of aromatic nitrogens is 1. The first-order valence-corrected chi connectivity index (χ1v) is 9.75. The van der Waals surface area contributed by atoms with Gasteiger partial charge in [0.05, 0.1) is 17.0 Å². The number of nitriles is 1. The number of hydrogen-bond donors (Lipinski definition) is 0. The number of pyridine rings is 1. The van der Waals surface area contributed by atoms with E-state index in [2.05, 4.69) is 6.07 Å². The Labute approximate surface area is 175 Å². The third kappa shape index (κ3) is 4.30. The fourth-order valence-electron chi connectivity index (χ4n) is 3.62. The van der Waals surface area contributed by atoms with Crippen molar-refractivity contribution in [2.75, 3.05) is 11.4 Å². The number of benzene rings is 1. The summed E-state index contributed by atoms with van der Waals surface area (Å²) in [7, 11) is 0. The highest BCUT2D eigenvalue weighted by molar-refractivity contribution is 6.30. The molecule has 29 heavy (non-hydrogen) atoms. The molecule has 6 nitrogen and oxygen atoms in total. The summed E-state index contributed by atoms with van der Waals surface area (Å²) in [6.07, 6.45) is 1.40. The molecule has 0 saturated carbocycles. The molecule has 0 aliphatic carbocycles. The predicted molar refractivity (Wildman–Crippen MR) is 111 cm³/mol. The number of anilines is 1. The van der Waals surface area contributed by atoms with Crippen molar-refractivity contribution in [3.8, 4) is 6.07 Å². The summed E-state index contributed by atoms with van der Waals surface area (Å²) in [4.78, 5) is 14.3. The van der Waals surface area contributed by atoms with Gasteiger partial charge in [0.15, 0.2) is 6.20 Å². The zero-order chi connectivity index (χ0) is 21.6. The van der Waals surface area contributed by atoms with Crippen molar-refractivity contribution in [3.63, 3.8) is 0 Å². The molecular formula is C22H24ClN3O3. The van der Waals surface area contributed by atoms with Gasteiger partial charge in [-0.05, 0) is 58.4 Å². The summed E-state index contributed by atoms with van der Waals surface area (Å²) >= 11 is 5.98. The van der Waals surface area contributed by atoms with Gasteiger partial charge in [0.25, 0.3) is 0 Å². The van der Waals surface area contributed by atoms with Crippen LogP contribution in [0, 0.1) is 16.5 Å². The van der Waals surface area contributed by atoms with Gasteiger partial charge in [-0.1, -0.05) is 17.7 Å². The Hall–Kier alpha value is -2.78. The van der Waals surface area contributed by atoms with Crippen LogP contribution in [0.15, 0.2) is 30.5 Å². The molecular weight excluding hydrogens is 390 g/mol. The lowest BCUT2D eigenvalue weighted by molar-refractivity contribution is -0.616. The Balaban J connectivity index is 2.03. The third-order valence-electron chi connectivity index (χ3n) is 4.75. The SMILES string of the molecule is CC(C)(C)OC(=O)N1CC(C)(C)c2c1cc(Cc1ccc(Cl)cc1C#N)c[n+]2[O-]. The fourth-order valence-corrected chi connectivity index (χ4v) is 3.79. The Morgan fingerprint density at radius 3 is 2.69 bits per heavy atom. The smallest absolute Gasteiger partial charge is 0.415 e. The summed E-state index contributed by atoms with van der Waals surface area (Å²) in [5.74, 6) is 0. The maximum atomic E-state index is 12.9. The zero-order valence-corrected chi connectivity index (χ0v) is 18.0. The van der Waals surface area contributed by atoms with Crippen LogP contribution in [0.2, 0.25) is 5.02 Å². The Morgan fingerprint density at radius 1 is 1.38 bits per heavy atom. The van der Waals surface area contributed by atoms with Crippen LogP contribution >= 0.6 is 11.6 Å². The molecule has 0 spiro atoms. The van der Waals surface area contributed by atoms with E-state index >= 15 is 0 Å². The van der Waals surface area contributed by atoms with Gasteiger partial charge in [-0.2, -0.15) is 9.99 Å². The number of fused-ring (bicyclic) bond motifs is 1. The maximum Gasteiger partial charge on any atom is 0.415 e. The van der Waals surface area contributed by atoms with Crippen LogP contribution in [0.1, 0.15) is 57.0 Å². The van der Waals surface area contributed by atoms with E-state index in [0.29, 0.717) is 40.5 Å².